The van der Waals surface area contributed by atoms with Gasteiger partial charge in [-0.1, -0.05) is 6.07 Å². The Hall–Kier alpha value is -2.24. The minimum absolute atomic E-state index is 0.166. The molecule has 0 aliphatic carbocycles. The van der Waals surface area contributed by atoms with Crippen molar-refractivity contribution in [3.63, 3.8) is 0 Å². The summed E-state index contributed by atoms with van der Waals surface area (Å²) in [5, 5.41) is 5.48. The molecule has 1 unspecified atom stereocenters. The number of amides is 1. The van der Waals surface area contributed by atoms with Crippen LogP contribution in [0.15, 0.2) is 18.2 Å². The number of rotatable bonds is 5. The van der Waals surface area contributed by atoms with E-state index >= 15 is 0 Å². The Morgan fingerprint density at radius 3 is 2.68 bits per heavy atom. The van der Waals surface area contributed by atoms with Gasteiger partial charge >= 0.3 is 5.97 Å². The van der Waals surface area contributed by atoms with Crippen molar-refractivity contribution in [2.24, 2.45) is 0 Å². The van der Waals surface area contributed by atoms with Crippen LogP contribution in [-0.4, -0.2) is 31.6 Å². The number of hydrogen-bond acceptors (Lipinski definition) is 5. The molecule has 0 fully saturated rings. The highest BCUT2D eigenvalue weighted by Gasteiger charge is 2.16. The molecule has 1 amide bonds. The first kappa shape index (κ1) is 14.8. The summed E-state index contributed by atoms with van der Waals surface area (Å²) in [7, 11) is 1.55. The fraction of sp³-hybridized carbons (Fsp3) is 0.385. The van der Waals surface area contributed by atoms with Gasteiger partial charge in [0.2, 0.25) is 5.91 Å². The van der Waals surface area contributed by atoms with Gasteiger partial charge in [0, 0.05) is 7.05 Å². The minimum Gasteiger partial charge on any atom is -0.462 e. The highest BCUT2D eigenvalue weighted by Crippen LogP contribution is 2.24. The van der Waals surface area contributed by atoms with E-state index in [9.17, 15) is 9.59 Å². The third-order valence-electron chi connectivity index (χ3n) is 2.61. The Kier molecular flexibility index (Phi) is 5.17. The molecule has 1 aromatic carbocycles. The molecule has 0 radical (unpaired) electrons. The third-order valence-corrected chi connectivity index (χ3v) is 2.61. The summed E-state index contributed by atoms with van der Waals surface area (Å²) in [4.78, 5) is 23.1. The molecule has 4 N–H and O–H groups in total. The molecule has 104 valence electrons. The SMILES string of the molecule is CCOC(=O)c1cccc(NC(C)C(=O)NC)c1N. The van der Waals surface area contributed by atoms with Crippen LogP contribution in [0, 0.1) is 0 Å². The zero-order valence-corrected chi connectivity index (χ0v) is 11.3. The maximum Gasteiger partial charge on any atom is 0.340 e. The molecule has 1 atom stereocenters. The molecule has 1 aromatic rings. The number of anilines is 2. The monoisotopic (exact) mass is 265 g/mol. The molecule has 0 heterocycles. The van der Waals surface area contributed by atoms with Gasteiger partial charge in [-0.2, -0.15) is 0 Å². The smallest absolute Gasteiger partial charge is 0.340 e. The van der Waals surface area contributed by atoms with Crippen LogP contribution in [0.3, 0.4) is 0 Å². The van der Waals surface area contributed by atoms with Gasteiger partial charge in [0.1, 0.15) is 6.04 Å². The van der Waals surface area contributed by atoms with E-state index in [-0.39, 0.29) is 23.8 Å². The summed E-state index contributed by atoms with van der Waals surface area (Å²) < 4.78 is 4.91. The van der Waals surface area contributed by atoms with E-state index < -0.39 is 12.0 Å². The Morgan fingerprint density at radius 2 is 2.11 bits per heavy atom. The summed E-state index contributed by atoms with van der Waals surface area (Å²) in [5.74, 6) is -0.641. The van der Waals surface area contributed by atoms with E-state index in [2.05, 4.69) is 10.6 Å². The lowest BCUT2D eigenvalue weighted by Gasteiger charge is -2.16. The first-order valence-electron chi connectivity index (χ1n) is 6.05. The van der Waals surface area contributed by atoms with Crippen molar-refractivity contribution in [2.45, 2.75) is 19.9 Å². The van der Waals surface area contributed by atoms with Gasteiger partial charge in [-0.15, -0.1) is 0 Å². The highest BCUT2D eigenvalue weighted by molar-refractivity contribution is 5.99. The van der Waals surface area contributed by atoms with Gasteiger partial charge in [0.05, 0.1) is 23.5 Å². The number of nitrogen functional groups attached to an aromatic ring is 1. The molecule has 0 saturated carbocycles. The van der Waals surface area contributed by atoms with Crippen LogP contribution in [-0.2, 0) is 9.53 Å². The van der Waals surface area contributed by atoms with Gasteiger partial charge < -0.3 is 21.1 Å². The molecule has 1 rings (SSSR count). The number of hydrogen-bond donors (Lipinski definition) is 3. The molecule has 19 heavy (non-hydrogen) atoms. The van der Waals surface area contributed by atoms with Gasteiger partial charge in [-0.25, -0.2) is 4.79 Å². The van der Waals surface area contributed by atoms with Crippen molar-refractivity contribution < 1.29 is 14.3 Å². The van der Waals surface area contributed by atoms with Gasteiger partial charge in [-0.3, -0.25) is 4.79 Å². The topological polar surface area (TPSA) is 93.4 Å². The van der Waals surface area contributed by atoms with Crippen LogP contribution in [0.2, 0.25) is 0 Å². The molecular weight excluding hydrogens is 246 g/mol. The lowest BCUT2D eigenvalue weighted by Crippen LogP contribution is -2.35. The second-order valence-electron chi connectivity index (χ2n) is 3.97. The minimum atomic E-state index is -0.476. The lowest BCUT2D eigenvalue weighted by atomic mass is 10.1. The fourth-order valence-electron chi connectivity index (χ4n) is 1.59. The maximum atomic E-state index is 11.7. The van der Waals surface area contributed by atoms with E-state index in [0.717, 1.165) is 0 Å². The molecule has 6 nitrogen and oxygen atoms in total. The zero-order valence-electron chi connectivity index (χ0n) is 11.3. The lowest BCUT2D eigenvalue weighted by molar-refractivity contribution is -0.121. The molecule has 0 spiro atoms. The number of benzene rings is 1. The van der Waals surface area contributed by atoms with E-state index in [0.29, 0.717) is 5.69 Å². The van der Waals surface area contributed by atoms with Crippen molar-refractivity contribution in [1.82, 2.24) is 5.32 Å². The molecule has 0 saturated heterocycles. The first-order valence-corrected chi connectivity index (χ1v) is 6.05. The van der Waals surface area contributed by atoms with Crippen molar-refractivity contribution >= 4 is 23.3 Å². The number of esters is 1. The van der Waals surface area contributed by atoms with E-state index in [1.807, 2.05) is 0 Å². The molecular formula is C13H19N3O3. The number of para-hydroxylation sites is 1. The summed E-state index contributed by atoms with van der Waals surface area (Å²) in [6, 6.07) is 4.52. The summed E-state index contributed by atoms with van der Waals surface area (Å²) in [5.41, 5.74) is 7.00. The predicted molar refractivity (Wildman–Crippen MR) is 74.0 cm³/mol. The van der Waals surface area contributed by atoms with Gasteiger partial charge in [-0.05, 0) is 26.0 Å². The molecule has 0 aliphatic heterocycles. The van der Waals surface area contributed by atoms with E-state index in [4.69, 9.17) is 10.5 Å². The first-order chi connectivity index (χ1) is 9.01. The average molecular weight is 265 g/mol. The number of carbonyl (C=O) groups excluding carboxylic acids is 2. The summed E-state index contributed by atoms with van der Waals surface area (Å²) in [6.45, 7) is 3.71. The van der Waals surface area contributed by atoms with E-state index in [1.165, 1.54) is 0 Å². The second kappa shape index (κ2) is 6.63. The second-order valence-corrected chi connectivity index (χ2v) is 3.97. The number of nitrogens with one attached hydrogen (secondary N) is 2. The largest absolute Gasteiger partial charge is 0.462 e. The fourth-order valence-corrected chi connectivity index (χ4v) is 1.59. The Labute approximate surface area is 112 Å². The molecule has 6 heteroatoms. The summed E-state index contributed by atoms with van der Waals surface area (Å²) >= 11 is 0. The normalized spacial score (nSPS) is 11.5. The molecule has 0 aliphatic rings. The quantitative estimate of drug-likeness (QED) is 0.545. The number of ether oxygens (including phenoxy) is 1. The Bertz CT molecular complexity index is 474. The number of carbonyl (C=O) groups is 2. The van der Waals surface area contributed by atoms with Crippen molar-refractivity contribution in [1.29, 1.82) is 0 Å². The van der Waals surface area contributed by atoms with Crippen molar-refractivity contribution in [3.05, 3.63) is 23.8 Å². The third kappa shape index (κ3) is 3.61. The van der Waals surface area contributed by atoms with Crippen LogP contribution in [0.25, 0.3) is 0 Å². The summed E-state index contributed by atoms with van der Waals surface area (Å²) in [6.07, 6.45) is 0. The van der Waals surface area contributed by atoms with Crippen LogP contribution in [0.4, 0.5) is 11.4 Å². The average Bonchev–Trinajstić information content (AvgIpc) is 2.40. The van der Waals surface area contributed by atoms with Crippen LogP contribution >= 0.6 is 0 Å². The predicted octanol–water partition coefficient (Wildman–Crippen LogP) is 0.992. The Balaban J connectivity index is 2.95. The molecule has 0 bridgehead atoms. The number of likely N-dealkylation sites (N-methyl/N-ethyl adjacent to an activating group) is 1. The standard InChI is InChI=1S/C13H19N3O3/c1-4-19-13(18)9-6-5-7-10(11(9)14)16-8(2)12(17)15-3/h5-8,16H,4,14H2,1-3H3,(H,15,17). The van der Waals surface area contributed by atoms with Gasteiger partial charge in [0.15, 0.2) is 0 Å². The van der Waals surface area contributed by atoms with Gasteiger partial charge in [0.25, 0.3) is 0 Å². The maximum absolute atomic E-state index is 11.7. The van der Waals surface area contributed by atoms with Crippen LogP contribution in [0.5, 0.6) is 0 Å². The zero-order chi connectivity index (χ0) is 14.4. The number of nitrogens with two attached hydrogens (primary N) is 1. The van der Waals surface area contributed by atoms with Crippen LogP contribution in [0.1, 0.15) is 24.2 Å². The van der Waals surface area contributed by atoms with Crippen molar-refractivity contribution in [2.75, 3.05) is 24.7 Å². The van der Waals surface area contributed by atoms with E-state index in [1.54, 1.807) is 39.1 Å². The van der Waals surface area contributed by atoms with Crippen LogP contribution < -0.4 is 16.4 Å². The Morgan fingerprint density at radius 1 is 1.42 bits per heavy atom. The highest BCUT2D eigenvalue weighted by atomic mass is 16.5. The van der Waals surface area contributed by atoms with Crippen molar-refractivity contribution in [3.8, 4) is 0 Å². The molecule has 0 aromatic heterocycles.